The average molecular weight is 458 g/mol. The van der Waals surface area contributed by atoms with Crippen molar-refractivity contribution in [3.05, 3.63) is 71.1 Å². The van der Waals surface area contributed by atoms with Gasteiger partial charge < -0.3 is 9.47 Å². The molecule has 0 fully saturated rings. The number of hydrogen-bond acceptors (Lipinski definition) is 7. The number of benzene rings is 2. The highest BCUT2D eigenvalue weighted by Gasteiger charge is 2.16. The molecule has 1 aromatic heterocycles. The maximum atomic E-state index is 12.4. The molecule has 1 aliphatic heterocycles. The first-order chi connectivity index (χ1) is 14.9. The van der Waals surface area contributed by atoms with Gasteiger partial charge in [0, 0.05) is 16.8 Å². The smallest absolute Gasteiger partial charge is 0.271 e. The number of carbonyl (C=O) groups is 1. The molecule has 2 N–H and O–H groups in total. The van der Waals surface area contributed by atoms with E-state index in [0.29, 0.717) is 41.7 Å². The maximum Gasteiger partial charge on any atom is 0.271 e. The van der Waals surface area contributed by atoms with Crippen molar-refractivity contribution in [2.75, 3.05) is 17.9 Å². The number of anilines is 1. The quantitative estimate of drug-likeness (QED) is 0.435. The Morgan fingerprint density at radius 1 is 1.00 bits per heavy atom. The first-order valence-electron chi connectivity index (χ1n) is 9.33. The Hall–Kier alpha value is -3.37. The number of fused-ring (bicyclic) bond motifs is 1. The third-order valence-electron chi connectivity index (χ3n) is 4.44. The van der Waals surface area contributed by atoms with Crippen molar-refractivity contribution < 1.29 is 22.7 Å². The van der Waals surface area contributed by atoms with E-state index in [4.69, 9.17) is 9.47 Å². The second-order valence-electron chi connectivity index (χ2n) is 6.61. The molecule has 1 amide bonds. The van der Waals surface area contributed by atoms with Crippen molar-refractivity contribution in [1.82, 2.24) is 5.43 Å². The van der Waals surface area contributed by atoms with Crippen molar-refractivity contribution >= 4 is 38.7 Å². The predicted octanol–water partition coefficient (Wildman–Crippen LogP) is 3.47. The van der Waals surface area contributed by atoms with Crippen LogP contribution in [0.5, 0.6) is 11.5 Å². The fourth-order valence-electron chi connectivity index (χ4n) is 2.84. The van der Waals surface area contributed by atoms with Gasteiger partial charge in [0.2, 0.25) is 0 Å². The third-order valence-corrected chi connectivity index (χ3v) is 7.22. The first kappa shape index (κ1) is 20.9. The van der Waals surface area contributed by atoms with Gasteiger partial charge in [0.1, 0.15) is 17.4 Å². The number of nitrogens with zero attached hydrogens (tertiary/aromatic N) is 1. The van der Waals surface area contributed by atoms with E-state index in [1.807, 2.05) is 12.1 Å². The Kier molecular flexibility index (Phi) is 5.92. The Morgan fingerprint density at radius 2 is 1.71 bits per heavy atom. The summed E-state index contributed by atoms with van der Waals surface area (Å²) < 4.78 is 38.3. The maximum absolute atomic E-state index is 12.4. The lowest BCUT2D eigenvalue weighted by molar-refractivity contribution is 0.0955. The van der Waals surface area contributed by atoms with Crippen LogP contribution in [0.25, 0.3) is 0 Å². The zero-order valence-corrected chi connectivity index (χ0v) is 18.1. The van der Waals surface area contributed by atoms with Crippen molar-refractivity contribution in [3.8, 4) is 11.5 Å². The summed E-state index contributed by atoms with van der Waals surface area (Å²) >= 11 is 1.13. The van der Waals surface area contributed by atoms with Gasteiger partial charge in [-0.3, -0.25) is 9.52 Å². The number of rotatable bonds is 6. The fourth-order valence-corrected chi connectivity index (χ4v) is 4.90. The van der Waals surface area contributed by atoms with Crippen LogP contribution in [0, 0.1) is 0 Å². The summed E-state index contributed by atoms with van der Waals surface area (Å²) in [7, 11) is -3.63. The summed E-state index contributed by atoms with van der Waals surface area (Å²) in [4.78, 5) is 12.4. The molecule has 160 valence electrons. The lowest BCUT2D eigenvalue weighted by Crippen LogP contribution is -2.20. The van der Waals surface area contributed by atoms with E-state index >= 15 is 0 Å². The van der Waals surface area contributed by atoms with E-state index in [1.165, 1.54) is 30.3 Å². The topological polar surface area (TPSA) is 106 Å². The van der Waals surface area contributed by atoms with Gasteiger partial charge in [-0.15, -0.1) is 11.3 Å². The predicted molar refractivity (Wildman–Crippen MR) is 119 cm³/mol. The fraction of sp³-hybridized carbons (Fsp3) is 0.143. The van der Waals surface area contributed by atoms with Crippen molar-refractivity contribution in [2.45, 2.75) is 11.1 Å². The lowest BCUT2D eigenvalue weighted by Gasteiger charge is -2.18. The number of thiophene rings is 1. The largest absolute Gasteiger partial charge is 0.486 e. The number of nitrogens with one attached hydrogen (secondary N) is 2. The highest BCUT2D eigenvalue weighted by Crippen LogP contribution is 2.30. The summed E-state index contributed by atoms with van der Waals surface area (Å²) in [6.07, 6.45) is 0. The molecule has 2 heterocycles. The summed E-state index contributed by atoms with van der Waals surface area (Å²) in [6.45, 7) is 2.78. The highest BCUT2D eigenvalue weighted by molar-refractivity contribution is 7.94. The second kappa shape index (κ2) is 8.78. The molecular formula is C21H19N3O5S2. The van der Waals surface area contributed by atoms with Gasteiger partial charge in [-0.2, -0.15) is 5.10 Å². The monoisotopic (exact) mass is 457 g/mol. The van der Waals surface area contributed by atoms with Gasteiger partial charge in [0.15, 0.2) is 11.5 Å². The molecule has 0 unspecified atom stereocenters. The van der Waals surface area contributed by atoms with Crippen LogP contribution in [0.15, 0.2) is 69.3 Å². The Morgan fingerprint density at radius 3 is 2.42 bits per heavy atom. The molecular weight excluding hydrogens is 438 g/mol. The molecule has 31 heavy (non-hydrogen) atoms. The summed E-state index contributed by atoms with van der Waals surface area (Å²) in [6, 6.07) is 14.8. The number of sulfonamides is 1. The van der Waals surface area contributed by atoms with Gasteiger partial charge in [0.25, 0.3) is 15.9 Å². The van der Waals surface area contributed by atoms with Crippen LogP contribution in [-0.2, 0) is 10.0 Å². The van der Waals surface area contributed by atoms with Crippen LogP contribution in [0.3, 0.4) is 0 Å². The van der Waals surface area contributed by atoms with E-state index in [-0.39, 0.29) is 4.21 Å². The van der Waals surface area contributed by atoms with Gasteiger partial charge in [-0.05, 0) is 60.8 Å². The average Bonchev–Trinajstić information content (AvgIpc) is 3.33. The molecule has 0 atom stereocenters. The van der Waals surface area contributed by atoms with E-state index in [1.54, 1.807) is 24.4 Å². The Labute approximate surface area is 183 Å². The standard InChI is InChI=1S/C21H19N3O5S2/c1-14(16-6-9-18-19(13-16)29-11-10-28-18)22-23-21(25)15-4-7-17(8-5-15)24-31(26,27)20-3-2-12-30-20/h2-9,12-13,24H,10-11H2,1H3,(H,23,25). The number of carbonyl (C=O) groups excluding carboxylic acids is 1. The number of amides is 1. The number of ether oxygens (including phenoxy) is 2. The molecule has 0 saturated carbocycles. The molecule has 2 aromatic carbocycles. The van der Waals surface area contributed by atoms with E-state index in [9.17, 15) is 13.2 Å². The second-order valence-corrected chi connectivity index (χ2v) is 9.47. The van der Waals surface area contributed by atoms with Crippen molar-refractivity contribution in [2.24, 2.45) is 5.10 Å². The molecule has 4 rings (SSSR count). The van der Waals surface area contributed by atoms with E-state index in [0.717, 1.165) is 16.9 Å². The van der Waals surface area contributed by atoms with E-state index < -0.39 is 15.9 Å². The zero-order valence-electron chi connectivity index (χ0n) is 16.5. The van der Waals surface area contributed by atoms with Crippen LogP contribution in [0.2, 0.25) is 0 Å². The molecule has 0 aliphatic carbocycles. The molecule has 3 aromatic rings. The summed E-state index contributed by atoms with van der Waals surface area (Å²) in [5, 5.41) is 5.84. The van der Waals surface area contributed by atoms with Gasteiger partial charge in [-0.1, -0.05) is 6.07 Å². The van der Waals surface area contributed by atoms with Crippen LogP contribution in [0.4, 0.5) is 5.69 Å². The van der Waals surface area contributed by atoms with Crippen LogP contribution >= 0.6 is 11.3 Å². The van der Waals surface area contributed by atoms with E-state index in [2.05, 4.69) is 15.2 Å². The first-order valence-corrected chi connectivity index (χ1v) is 11.7. The van der Waals surface area contributed by atoms with Gasteiger partial charge in [-0.25, -0.2) is 13.8 Å². The SMILES string of the molecule is CC(=NNC(=O)c1ccc(NS(=O)(=O)c2cccs2)cc1)c1ccc2c(c1)OCCO2. The molecule has 0 bridgehead atoms. The minimum absolute atomic E-state index is 0.221. The van der Waals surface area contributed by atoms with Crippen molar-refractivity contribution in [1.29, 1.82) is 0 Å². The highest BCUT2D eigenvalue weighted by atomic mass is 32.2. The minimum Gasteiger partial charge on any atom is -0.486 e. The third kappa shape index (κ3) is 4.86. The number of hydrogen-bond donors (Lipinski definition) is 2. The Bertz CT molecular complexity index is 1220. The molecule has 8 nitrogen and oxygen atoms in total. The van der Waals surface area contributed by atoms with Gasteiger partial charge >= 0.3 is 0 Å². The van der Waals surface area contributed by atoms with Gasteiger partial charge in [0.05, 0.1) is 5.71 Å². The summed E-state index contributed by atoms with van der Waals surface area (Å²) in [5.41, 5.74) is 4.61. The number of hydrazone groups is 1. The minimum atomic E-state index is -3.63. The molecule has 0 radical (unpaired) electrons. The normalized spacial score (nSPS) is 13.5. The van der Waals surface area contributed by atoms with Crippen molar-refractivity contribution in [3.63, 3.8) is 0 Å². The summed E-state index contributed by atoms with van der Waals surface area (Å²) in [5.74, 6) is 0.913. The lowest BCUT2D eigenvalue weighted by atomic mass is 10.1. The Balaban J connectivity index is 1.40. The molecule has 0 spiro atoms. The van der Waals surface area contributed by atoms with Crippen LogP contribution in [-0.4, -0.2) is 33.3 Å². The van der Waals surface area contributed by atoms with Crippen LogP contribution in [0.1, 0.15) is 22.8 Å². The molecule has 0 saturated heterocycles. The zero-order chi connectivity index (χ0) is 21.8. The molecule has 10 heteroatoms. The van der Waals surface area contributed by atoms with Crippen LogP contribution < -0.4 is 19.6 Å². The molecule has 1 aliphatic rings.